The Kier molecular flexibility index (Phi) is 5.60. The average Bonchev–Trinajstić information content (AvgIpc) is 3.03. The molecule has 0 aliphatic carbocycles. The molecule has 0 fully saturated rings. The number of aliphatic hydroxyl groups excluding tert-OH is 1. The topological polar surface area (TPSA) is 54.6 Å². The Labute approximate surface area is 125 Å². The quantitative estimate of drug-likeness (QED) is 0.822. The SMILES string of the molecule is COc1ccc(/C=C(/C)CNC(CO)c2ccco2)cc1. The van der Waals surface area contributed by atoms with Crippen molar-refractivity contribution in [2.45, 2.75) is 13.0 Å². The predicted octanol–water partition coefficient (Wildman–Crippen LogP) is 3.01. The molecule has 0 amide bonds. The molecule has 4 heteroatoms. The van der Waals surface area contributed by atoms with Crippen molar-refractivity contribution in [2.24, 2.45) is 0 Å². The fourth-order valence-corrected chi connectivity index (χ4v) is 2.06. The van der Waals surface area contributed by atoms with Gasteiger partial charge in [-0.05, 0) is 36.8 Å². The van der Waals surface area contributed by atoms with Gasteiger partial charge in [0.05, 0.1) is 26.0 Å². The van der Waals surface area contributed by atoms with Gasteiger partial charge in [-0.1, -0.05) is 23.8 Å². The number of hydrogen-bond acceptors (Lipinski definition) is 4. The third-order valence-corrected chi connectivity index (χ3v) is 3.23. The number of methoxy groups -OCH3 is 1. The van der Waals surface area contributed by atoms with Gasteiger partial charge in [0, 0.05) is 6.54 Å². The third-order valence-electron chi connectivity index (χ3n) is 3.23. The predicted molar refractivity (Wildman–Crippen MR) is 83.2 cm³/mol. The molecule has 1 atom stereocenters. The zero-order valence-electron chi connectivity index (χ0n) is 12.4. The molecular weight excluding hydrogens is 266 g/mol. The first-order chi connectivity index (χ1) is 10.2. The van der Waals surface area contributed by atoms with Crippen LogP contribution < -0.4 is 10.1 Å². The van der Waals surface area contributed by atoms with Crippen LogP contribution in [0.15, 0.2) is 52.7 Å². The van der Waals surface area contributed by atoms with E-state index in [2.05, 4.69) is 11.4 Å². The van der Waals surface area contributed by atoms with E-state index in [9.17, 15) is 5.11 Å². The minimum atomic E-state index is -0.181. The van der Waals surface area contributed by atoms with Crippen LogP contribution in [-0.2, 0) is 0 Å². The lowest BCUT2D eigenvalue weighted by Gasteiger charge is -2.14. The van der Waals surface area contributed by atoms with Gasteiger partial charge in [0.2, 0.25) is 0 Å². The van der Waals surface area contributed by atoms with Crippen molar-refractivity contribution in [3.63, 3.8) is 0 Å². The lowest BCUT2D eigenvalue weighted by Crippen LogP contribution is -2.25. The molecular formula is C17H21NO3. The van der Waals surface area contributed by atoms with Crippen LogP contribution in [0.1, 0.15) is 24.3 Å². The number of hydrogen-bond donors (Lipinski definition) is 2. The van der Waals surface area contributed by atoms with Crippen LogP contribution in [0.4, 0.5) is 0 Å². The standard InChI is InChI=1S/C17H21NO3/c1-13(10-14-5-7-15(20-2)8-6-14)11-18-16(12-19)17-4-3-9-21-17/h3-10,16,18-19H,11-12H2,1-2H3/b13-10-. The molecule has 2 aromatic rings. The van der Waals surface area contributed by atoms with E-state index in [0.29, 0.717) is 6.54 Å². The summed E-state index contributed by atoms with van der Waals surface area (Å²) in [6, 6.07) is 11.4. The van der Waals surface area contributed by atoms with Gasteiger partial charge in [-0.15, -0.1) is 0 Å². The number of furan rings is 1. The van der Waals surface area contributed by atoms with E-state index in [1.807, 2.05) is 43.3 Å². The Morgan fingerprint density at radius 3 is 2.67 bits per heavy atom. The van der Waals surface area contributed by atoms with Crippen LogP contribution in [0, 0.1) is 0 Å². The largest absolute Gasteiger partial charge is 0.497 e. The van der Waals surface area contributed by atoms with Crippen LogP contribution in [-0.4, -0.2) is 25.4 Å². The lowest BCUT2D eigenvalue weighted by atomic mass is 10.1. The van der Waals surface area contributed by atoms with E-state index in [1.165, 1.54) is 5.57 Å². The van der Waals surface area contributed by atoms with Crippen molar-refractivity contribution in [3.8, 4) is 5.75 Å². The van der Waals surface area contributed by atoms with Gasteiger partial charge in [0.25, 0.3) is 0 Å². The lowest BCUT2D eigenvalue weighted by molar-refractivity contribution is 0.229. The maximum atomic E-state index is 9.40. The second-order valence-corrected chi connectivity index (χ2v) is 4.90. The number of nitrogens with one attached hydrogen (secondary N) is 1. The molecule has 0 spiro atoms. The molecule has 0 bridgehead atoms. The van der Waals surface area contributed by atoms with Crippen molar-refractivity contribution in [1.82, 2.24) is 5.32 Å². The van der Waals surface area contributed by atoms with E-state index in [-0.39, 0.29) is 12.6 Å². The van der Waals surface area contributed by atoms with E-state index in [4.69, 9.17) is 9.15 Å². The summed E-state index contributed by atoms with van der Waals surface area (Å²) in [6.45, 7) is 2.73. The third kappa shape index (κ3) is 4.48. The fourth-order valence-electron chi connectivity index (χ4n) is 2.06. The summed E-state index contributed by atoms with van der Waals surface area (Å²) in [5.41, 5.74) is 2.29. The molecule has 0 aliphatic rings. The second kappa shape index (κ2) is 7.67. The minimum absolute atomic E-state index is 0.00330. The highest BCUT2D eigenvalue weighted by Crippen LogP contribution is 2.15. The van der Waals surface area contributed by atoms with Gasteiger partial charge in [-0.3, -0.25) is 0 Å². The van der Waals surface area contributed by atoms with Gasteiger partial charge in [-0.2, -0.15) is 0 Å². The van der Waals surface area contributed by atoms with Crippen LogP contribution in [0.2, 0.25) is 0 Å². The Morgan fingerprint density at radius 2 is 2.10 bits per heavy atom. The number of rotatable bonds is 7. The average molecular weight is 287 g/mol. The van der Waals surface area contributed by atoms with Gasteiger partial charge in [0.15, 0.2) is 0 Å². The van der Waals surface area contributed by atoms with Crippen molar-refractivity contribution < 1.29 is 14.3 Å². The molecule has 0 radical (unpaired) electrons. The Hall–Kier alpha value is -2.04. The Balaban J connectivity index is 1.93. The van der Waals surface area contributed by atoms with Crippen LogP contribution >= 0.6 is 0 Å². The maximum absolute atomic E-state index is 9.40. The summed E-state index contributed by atoms with van der Waals surface area (Å²) >= 11 is 0. The monoisotopic (exact) mass is 287 g/mol. The number of aliphatic hydroxyl groups is 1. The van der Waals surface area contributed by atoms with E-state index < -0.39 is 0 Å². The van der Waals surface area contributed by atoms with Gasteiger partial charge >= 0.3 is 0 Å². The molecule has 0 aliphatic heterocycles. The highest BCUT2D eigenvalue weighted by molar-refractivity contribution is 5.53. The fraction of sp³-hybridized carbons (Fsp3) is 0.294. The smallest absolute Gasteiger partial charge is 0.123 e. The number of benzene rings is 1. The van der Waals surface area contributed by atoms with Crippen LogP contribution in [0.5, 0.6) is 5.75 Å². The summed E-state index contributed by atoms with van der Waals surface area (Å²) in [5.74, 6) is 1.59. The molecule has 21 heavy (non-hydrogen) atoms. The first-order valence-corrected chi connectivity index (χ1v) is 6.92. The zero-order chi connectivity index (χ0) is 15.1. The van der Waals surface area contributed by atoms with Gasteiger partial charge in [0.1, 0.15) is 11.5 Å². The first kappa shape index (κ1) is 15.4. The van der Waals surface area contributed by atoms with Crippen molar-refractivity contribution >= 4 is 6.08 Å². The molecule has 1 heterocycles. The zero-order valence-corrected chi connectivity index (χ0v) is 12.4. The molecule has 0 saturated carbocycles. The second-order valence-electron chi connectivity index (χ2n) is 4.90. The molecule has 1 aromatic heterocycles. The summed E-state index contributed by atoms with van der Waals surface area (Å²) in [7, 11) is 1.66. The summed E-state index contributed by atoms with van der Waals surface area (Å²) in [5, 5.41) is 12.7. The number of ether oxygens (including phenoxy) is 1. The highest BCUT2D eigenvalue weighted by Gasteiger charge is 2.11. The van der Waals surface area contributed by atoms with Crippen LogP contribution in [0.3, 0.4) is 0 Å². The Morgan fingerprint density at radius 1 is 1.33 bits per heavy atom. The molecule has 1 aromatic carbocycles. The molecule has 0 saturated heterocycles. The van der Waals surface area contributed by atoms with Gasteiger partial charge < -0.3 is 19.6 Å². The van der Waals surface area contributed by atoms with Crippen LogP contribution in [0.25, 0.3) is 6.08 Å². The molecule has 1 unspecified atom stereocenters. The van der Waals surface area contributed by atoms with E-state index >= 15 is 0 Å². The van der Waals surface area contributed by atoms with Crippen molar-refractivity contribution in [1.29, 1.82) is 0 Å². The minimum Gasteiger partial charge on any atom is -0.497 e. The van der Waals surface area contributed by atoms with Crippen molar-refractivity contribution in [3.05, 3.63) is 59.6 Å². The first-order valence-electron chi connectivity index (χ1n) is 6.92. The highest BCUT2D eigenvalue weighted by atomic mass is 16.5. The van der Waals surface area contributed by atoms with Crippen molar-refractivity contribution in [2.75, 3.05) is 20.3 Å². The molecule has 4 nitrogen and oxygen atoms in total. The van der Waals surface area contributed by atoms with Gasteiger partial charge in [-0.25, -0.2) is 0 Å². The van der Waals surface area contributed by atoms with E-state index in [1.54, 1.807) is 13.4 Å². The normalized spacial score (nSPS) is 13.2. The molecule has 112 valence electrons. The molecule has 2 N–H and O–H groups in total. The van der Waals surface area contributed by atoms with E-state index in [0.717, 1.165) is 17.1 Å². The molecule has 2 rings (SSSR count). The summed E-state index contributed by atoms with van der Waals surface area (Å²) < 4.78 is 10.4. The Bertz CT molecular complexity index is 558. The summed E-state index contributed by atoms with van der Waals surface area (Å²) in [6.07, 6.45) is 3.71. The summed E-state index contributed by atoms with van der Waals surface area (Å²) in [4.78, 5) is 0. The maximum Gasteiger partial charge on any atom is 0.123 e.